The third-order valence-electron chi connectivity index (χ3n) is 5.11. The van der Waals surface area contributed by atoms with E-state index in [1.807, 2.05) is 0 Å². The van der Waals surface area contributed by atoms with E-state index in [1.54, 1.807) is 26.0 Å². The fourth-order valence-corrected chi connectivity index (χ4v) is 3.21. The zero-order valence-electron chi connectivity index (χ0n) is 19.6. The van der Waals surface area contributed by atoms with Gasteiger partial charge in [0.15, 0.2) is 11.5 Å². The van der Waals surface area contributed by atoms with Crippen molar-refractivity contribution in [2.75, 3.05) is 7.05 Å². The molecule has 12 heteroatoms. The van der Waals surface area contributed by atoms with Crippen LogP contribution in [0.25, 0.3) is 11.5 Å². The number of amides is 3. The second kappa shape index (κ2) is 11.0. The van der Waals surface area contributed by atoms with E-state index in [2.05, 4.69) is 25.9 Å². The van der Waals surface area contributed by atoms with Crippen molar-refractivity contribution in [2.24, 2.45) is 5.92 Å². The normalized spacial score (nSPS) is 12.2. The van der Waals surface area contributed by atoms with Gasteiger partial charge in [-0.1, -0.05) is 19.9 Å². The molecule has 0 aliphatic carbocycles. The number of rotatable bonds is 8. The molecule has 0 bridgehead atoms. The number of carbonyl (C=O) groups excluding carboxylic acids is 3. The molecule has 0 aliphatic rings. The van der Waals surface area contributed by atoms with Crippen molar-refractivity contribution in [3.63, 3.8) is 0 Å². The highest BCUT2D eigenvalue weighted by Crippen LogP contribution is 2.27. The van der Waals surface area contributed by atoms with Gasteiger partial charge in [-0.2, -0.15) is 13.2 Å². The predicted molar refractivity (Wildman–Crippen MR) is 123 cm³/mol. The number of likely N-dealkylation sites (N-methyl/N-ethyl adjacent to an activating group) is 1. The zero-order chi connectivity index (χ0) is 26.5. The minimum Gasteiger partial charge on any atom is -0.449 e. The number of halogens is 3. The summed E-state index contributed by atoms with van der Waals surface area (Å²) in [5.74, 6) is -1.57. The molecule has 1 atom stereocenters. The van der Waals surface area contributed by atoms with Crippen molar-refractivity contribution >= 4 is 17.7 Å². The molecule has 3 N–H and O–H groups in total. The lowest BCUT2D eigenvalue weighted by Crippen LogP contribution is -2.48. The van der Waals surface area contributed by atoms with Crippen LogP contribution in [0.2, 0.25) is 0 Å². The quantitative estimate of drug-likeness (QED) is 0.434. The summed E-state index contributed by atoms with van der Waals surface area (Å²) in [4.78, 5) is 44.4. The highest BCUT2D eigenvalue weighted by atomic mass is 19.4. The smallest absolute Gasteiger partial charge is 0.433 e. The summed E-state index contributed by atoms with van der Waals surface area (Å²) in [5, 5.41) is 7.65. The minimum atomic E-state index is -4.66. The van der Waals surface area contributed by atoms with E-state index < -0.39 is 29.7 Å². The second-order valence-electron chi connectivity index (χ2n) is 8.11. The van der Waals surface area contributed by atoms with Crippen LogP contribution in [0.1, 0.15) is 46.1 Å². The minimum absolute atomic E-state index is 0.0114. The van der Waals surface area contributed by atoms with Crippen molar-refractivity contribution in [2.45, 2.75) is 32.6 Å². The maximum Gasteiger partial charge on any atom is 0.433 e. The standard InChI is InChI=1S/C24H24F3N5O4/c1-13(2)20(23(35)28-3)32-22(34)18-8-7-17(36-18)16-11-14(9-10-29-16)12-30-21(33)15-5-4-6-19(31-15)24(25,26)27/h4-11,13,20H,12H2,1-3H3,(H,28,35)(H,30,33)(H,32,34)/t20-/m0/s1. The first kappa shape index (κ1) is 26.4. The summed E-state index contributed by atoms with van der Waals surface area (Å²) in [6, 6.07) is 8.53. The van der Waals surface area contributed by atoms with Crippen LogP contribution in [0, 0.1) is 5.92 Å². The molecule has 0 saturated heterocycles. The monoisotopic (exact) mass is 503 g/mol. The van der Waals surface area contributed by atoms with Crippen LogP contribution in [0.4, 0.5) is 13.2 Å². The molecule has 3 amide bonds. The van der Waals surface area contributed by atoms with Gasteiger partial charge in [-0.25, -0.2) is 4.98 Å². The number of hydrogen-bond donors (Lipinski definition) is 3. The Morgan fingerprint density at radius 1 is 1.06 bits per heavy atom. The molecular formula is C24H24F3N5O4. The van der Waals surface area contributed by atoms with Gasteiger partial charge in [-0.15, -0.1) is 0 Å². The molecule has 9 nitrogen and oxygen atoms in total. The molecule has 3 rings (SSSR count). The van der Waals surface area contributed by atoms with Crippen LogP contribution >= 0.6 is 0 Å². The summed E-state index contributed by atoms with van der Waals surface area (Å²) in [6.45, 7) is 3.58. The number of hydrogen-bond acceptors (Lipinski definition) is 6. The predicted octanol–water partition coefficient (Wildman–Crippen LogP) is 3.19. The number of carbonyl (C=O) groups is 3. The molecule has 3 aromatic heterocycles. The molecule has 0 unspecified atom stereocenters. The van der Waals surface area contributed by atoms with Crippen molar-refractivity contribution in [1.82, 2.24) is 25.9 Å². The number of furan rings is 1. The molecule has 0 saturated carbocycles. The number of nitrogens with zero attached hydrogens (tertiary/aromatic N) is 2. The molecule has 3 aromatic rings. The SMILES string of the molecule is CNC(=O)[C@@H](NC(=O)c1ccc(-c2cc(CNC(=O)c3cccc(C(F)(F)F)n3)ccn2)o1)C(C)C. The maximum absolute atomic E-state index is 12.8. The summed E-state index contributed by atoms with van der Waals surface area (Å²) in [6.07, 6.45) is -3.20. The topological polar surface area (TPSA) is 126 Å². The van der Waals surface area contributed by atoms with Gasteiger partial charge < -0.3 is 20.4 Å². The van der Waals surface area contributed by atoms with Gasteiger partial charge >= 0.3 is 6.18 Å². The number of alkyl halides is 3. The van der Waals surface area contributed by atoms with Crippen molar-refractivity contribution in [3.05, 3.63) is 71.4 Å². The van der Waals surface area contributed by atoms with Crippen LogP contribution in [0.3, 0.4) is 0 Å². The van der Waals surface area contributed by atoms with E-state index >= 15 is 0 Å². The molecule has 0 spiro atoms. The molecule has 3 heterocycles. The first-order valence-electron chi connectivity index (χ1n) is 10.9. The molecule has 0 aliphatic heterocycles. The molecule has 36 heavy (non-hydrogen) atoms. The first-order valence-corrected chi connectivity index (χ1v) is 10.9. The Bertz CT molecular complexity index is 1260. The fourth-order valence-electron chi connectivity index (χ4n) is 3.21. The van der Waals surface area contributed by atoms with Crippen molar-refractivity contribution in [1.29, 1.82) is 0 Å². The molecule has 0 fully saturated rings. The molecule has 190 valence electrons. The summed E-state index contributed by atoms with van der Waals surface area (Å²) in [7, 11) is 1.48. The van der Waals surface area contributed by atoms with Gasteiger partial charge in [0.2, 0.25) is 5.91 Å². The lowest BCUT2D eigenvalue weighted by molar-refractivity contribution is -0.141. The van der Waals surface area contributed by atoms with Crippen LogP contribution in [-0.2, 0) is 17.5 Å². The van der Waals surface area contributed by atoms with E-state index in [4.69, 9.17) is 4.42 Å². The highest BCUT2D eigenvalue weighted by molar-refractivity contribution is 5.96. The molecule has 0 aromatic carbocycles. The van der Waals surface area contributed by atoms with E-state index in [0.29, 0.717) is 11.3 Å². The summed E-state index contributed by atoms with van der Waals surface area (Å²) >= 11 is 0. The van der Waals surface area contributed by atoms with Gasteiger partial charge in [-0.3, -0.25) is 19.4 Å². The summed E-state index contributed by atoms with van der Waals surface area (Å²) in [5.41, 5.74) is -0.571. The number of pyridine rings is 2. The van der Waals surface area contributed by atoms with Gasteiger partial charge in [0.05, 0.1) is 0 Å². The Hall–Kier alpha value is -4.22. The van der Waals surface area contributed by atoms with Crippen LogP contribution in [0.15, 0.2) is 53.1 Å². The Morgan fingerprint density at radius 2 is 1.81 bits per heavy atom. The summed E-state index contributed by atoms with van der Waals surface area (Å²) < 4.78 is 44.1. The number of aromatic nitrogens is 2. The molecule has 0 radical (unpaired) electrons. The lowest BCUT2D eigenvalue weighted by atomic mass is 10.0. The Kier molecular flexibility index (Phi) is 8.07. The van der Waals surface area contributed by atoms with Gasteiger partial charge in [0.1, 0.15) is 23.1 Å². The average molecular weight is 503 g/mol. The Labute approximate surface area is 204 Å². The van der Waals surface area contributed by atoms with Gasteiger partial charge in [-0.05, 0) is 47.9 Å². The first-order chi connectivity index (χ1) is 17.0. The maximum atomic E-state index is 12.8. The van der Waals surface area contributed by atoms with Crippen molar-refractivity contribution < 1.29 is 32.0 Å². The third-order valence-corrected chi connectivity index (χ3v) is 5.11. The fraction of sp³-hybridized carbons (Fsp3) is 0.292. The highest BCUT2D eigenvalue weighted by Gasteiger charge is 2.33. The van der Waals surface area contributed by atoms with E-state index in [1.165, 1.54) is 31.4 Å². The van der Waals surface area contributed by atoms with E-state index in [0.717, 1.165) is 12.1 Å². The van der Waals surface area contributed by atoms with Crippen LogP contribution in [0.5, 0.6) is 0 Å². The number of nitrogens with one attached hydrogen (secondary N) is 3. The van der Waals surface area contributed by atoms with Crippen LogP contribution in [-0.4, -0.2) is 40.8 Å². The third kappa shape index (κ3) is 6.46. The zero-order valence-corrected chi connectivity index (χ0v) is 19.6. The van der Waals surface area contributed by atoms with Gasteiger partial charge in [0.25, 0.3) is 11.8 Å². The van der Waals surface area contributed by atoms with Gasteiger partial charge in [0, 0.05) is 19.8 Å². The van der Waals surface area contributed by atoms with E-state index in [-0.39, 0.29) is 35.6 Å². The van der Waals surface area contributed by atoms with Crippen LogP contribution < -0.4 is 16.0 Å². The second-order valence-corrected chi connectivity index (χ2v) is 8.11. The van der Waals surface area contributed by atoms with E-state index in [9.17, 15) is 27.6 Å². The Balaban J connectivity index is 1.68. The lowest BCUT2D eigenvalue weighted by Gasteiger charge is -2.19. The molecular weight excluding hydrogens is 479 g/mol. The largest absolute Gasteiger partial charge is 0.449 e. The van der Waals surface area contributed by atoms with Crippen molar-refractivity contribution in [3.8, 4) is 11.5 Å². The Morgan fingerprint density at radius 3 is 2.47 bits per heavy atom. The average Bonchev–Trinajstić information content (AvgIpc) is 3.35.